The standard InChI is InChI=1S/C17H23ClN2O3/c1-17(2,3)16(22)20-10-8-19(9-11-20)15(21)12-23-14-6-4-13(18)5-7-14/h4-7H,8-12H2,1-3H3. The predicted molar refractivity (Wildman–Crippen MR) is 89.6 cm³/mol. The number of hydrogen-bond acceptors (Lipinski definition) is 3. The molecule has 1 aliphatic heterocycles. The Hall–Kier alpha value is -1.75. The first-order valence-corrected chi connectivity index (χ1v) is 8.11. The summed E-state index contributed by atoms with van der Waals surface area (Å²) in [7, 11) is 0. The van der Waals surface area contributed by atoms with E-state index in [9.17, 15) is 9.59 Å². The van der Waals surface area contributed by atoms with Crippen molar-refractivity contribution in [1.82, 2.24) is 9.80 Å². The van der Waals surface area contributed by atoms with E-state index >= 15 is 0 Å². The van der Waals surface area contributed by atoms with Gasteiger partial charge >= 0.3 is 0 Å². The van der Waals surface area contributed by atoms with Crippen LogP contribution in [0.1, 0.15) is 20.8 Å². The Balaban J connectivity index is 1.79. The van der Waals surface area contributed by atoms with Gasteiger partial charge in [-0.3, -0.25) is 9.59 Å². The molecule has 23 heavy (non-hydrogen) atoms. The highest BCUT2D eigenvalue weighted by atomic mass is 35.5. The van der Waals surface area contributed by atoms with Crippen molar-refractivity contribution < 1.29 is 14.3 Å². The van der Waals surface area contributed by atoms with Crippen molar-refractivity contribution in [3.8, 4) is 5.75 Å². The summed E-state index contributed by atoms with van der Waals surface area (Å²) in [6.45, 7) is 7.96. The van der Waals surface area contributed by atoms with E-state index in [-0.39, 0.29) is 23.8 Å². The van der Waals surface area contributed by atoms with Gasteiger partial charge in [-0.05, 0) is 24.3 Å². The second-order valence-electron chi connectivity index (χ2n) is 6.67. The molecule has 1 fully saturated rings. The molecule has 6 heteroatoms. The molecule has 0 N–H and O–H groups in total. The number of nitrogens with zero attached hydrogens (tertiary/aromatic N) is 2. The van der Waals surface area contributed by atoms with E-state index in [4.69, 9.17) is 16.3 Å². The number of hydrogen-bond donors (Lipinski definition) is 0. The number of carbonyl (C=O) groups excluding carboxylic acids is 2. The van der Waals surface area contributed by atoms with Crippen LogP contribution in [0, 0.1) is 5.41 Å². The summed E-state index contributed by atoms with van der Waals surface area (Å²) in [6, 6.07) is 6.90. The number of piperazine rings is 1. The second kappa shape index (κ2) is 7.21. The molecule has 0 aliphatic carbocycles. The van der Waals surface area contributed by atoms with Crippen LogP contribution >= 0.6 is 11.6 Å². The average Bonchev–Trinajstić information content (AvgIpc) is 2.52. The summed E-state index contributed by atoms with van der Waals surface area (Å²) in [6.07, 6.45) is 0. The fraction of sp³-hybridized carbons (Fsp3) is 0.529. The van der Waals surface area contributed by atoms with Gasteiger partial charge in [0.25, 0.3) is 5.91 Å². The van der Waals surface area contributed by atoms with Gasteiger partial charge in [0, 0.05) is 36.6 Å². The SMILES string of the molecule is CC(C)(C)C(=O)N1CCN(C(=O)COc2ccc(Cl)cc2)CC1. The van der Waals surface area contributed by atoms with Gasteiger partial charge in [-0.25, -0.2) is 0 Å². The zero-order chi connectivity index (χ0) is 17.0. The fourth-order valence-electron chi connectivity index (χ4n) is 2.40. The molecule has 0 aromatic heterocycles. The summed E-state index contributed by atoms with van der Waals surface area (Å²) in [5.41, 5.74) is -0.385. The smallest absolute Gasteiger partial charge is 0.260 e. The molecule has 126 valence electrons. The monoisotopic (exact) mass is 338 g/mol. The van der Waals surface area contributed by atoms with E-state index < -0.39 is 0 Å². The van der Waals surface area contributed by atoms with Crippen molar-refractivity contribution >= 4 is 23.4 Å². The Bertz CT molecular complexity index is 558. The quantitative estimate of drug-likeness (QED) is 0.850. The van der Waals surface area contributed by atoms with Crippen molar-refractivity contribution in [1.29, 1.82) is 0 Å². The van der Waals surface area contributed by atoms with Crippen LogP contribution in [0.2, 0.25) is 5.02 Å². The lowest BCUT2D eigenvalue weighted by molar-refractivity contribution is -0.145. The molecule has 0 bridgehead atoms. The molecule has 2 rings (SSSR count). The average molecular weight is 339 g/mol. The largest absolute Gasteiger partial charge is 0.484 e. The maximum absolute atomic E-state index is 12.2. The van der Waals surface area contributed by atoms with Crippen LogP contribution in [0.3, 0.4) is 0 Å². The second-order valence-corrected chi connectivity index (χ2v) is 7.10. The summed E-state index contributed by atoms with van der Waals surface area (Å²) < 4.78 is 5.47. The lowest BCUT2D eigenvalue weighted by Crippen LogP contribution is -2.53. The molecule has 1 saturated heterocycles. The molecule has 1 aromatic rings. The van der Waals surface area contributed by atoms with Gasteiger partial charge < -0.3 is 14.5 Å². The third-order valence-electron chi connectivity index (χ3n) is 3.74. The summed E-state index contributed by atoms with van der Waals surface area (Å²) in [4.78, 5) is 28.0. The zero-order valence-corrected chi connectivity index (χ0v) is 14.6. The van der Waals surface area contributed by atoms with Gasteiger partial charge in [0.2, 0.25) is 5.91 Å². The van der Waals surface area contributed by atoms with Crippen molar-refractivity contribution in [3.63, 3.8) is 0 Å². The van der Waals surface area contributed by atoms with Gasteiger partial charge in [0.05, 0.1) is 0 Å². The summed E-state index contributed by atoms with van der Waals surface area (Å²) in [5.74, 6) is 0.675. The molecular weight excluding hydrogens is 316 g/mol. The molecule has 0 radical (unpaired) electrons. The van der Waals surface area contributed by atoms with E-state index in [0.29, 0.717) is 37.0 Å². The zero-order valence-electron chi connectivity index (χ0n) is 13.8. The molecule has 0 spiro atoms. The normalized spacial score (nSPS) is 15.5. The van der Waals surface area contributed by atoms with Crippen molar-refractivity contribution in [2.24, 2.45) is 5.41 Å². The molecule has 1 heterocycles. The minimum Gasteiger partial charge on any atom is -0.484 e. The first-order chi connectivity index (χ1) is 10.8. The predicted octanol–water partition coefficient (Wildman–Crippen LogP) is 2.44. The van der Waals surface area contributed by atoms with E-state index in [1.165, 1.54) is 0 Å². The van der Waals surface area contributed by atoms with Crippen LogP contribution in [0.15, 0.2) is 24.3 Å². The molecule has 0 saturated carbocycles. The number of ether oxygens (including phenoxy) is 1. The Morgan fingerprint density at radius 3 is 2.09 bits per heavy atom. The number of rotatable bonds is 3. The Labute approximate surface area is 142 Å². The first kappa shape index (κ1) is 17.6. The molecular formula is C17H23ClN2O3. The third kappa shape index (κ3) is 4.86. The fourth-order valence-corrected chi connectivity index (χ4v) is 2.53. The molecule has 1 aliphatic rings. The Morgan fingerprint density at radius 2 is 1.57 bits per heavy atom. The minimum absolute atomic E-state index is 0.00511. The topological polar surface area (TPSA) is 49.9 Å². The number of halogens is 1. The molecule has 0 unspecified atom stereocenters. The highest BCUT2D eigenvalue weighted by Gasteiger charge is 2.30. The van der Waals surface area contributed by atoms with Crippen LogP contribution in [-0.4, -0.2) is 54.4 Å². The van der Waals surface area contributed by atoms with Crippen LogP contribution < -0.4 is 4.74 Å². The lowest BCUT2D eigenvalue weighted by atomic mass is 9.94. The number of benzene rings is 1. The number of carbonyl (C=O) groups is 2. The van der Waals surface area contributed by atoms with Crippen LogP contribution in [0.25, 0.3) is 0 Å². The van der Waals surface area contributed by atoms with E-state index in [1.54, 1.807) is 29.2 Å². The van der Waals surface area contributed by atoms with E-state index in [0.717, 1.165) is 0 Å². The molecule has 1 aromatic carbocycles. The highest BCUT2D eigenvalue weighted by molar-refractivity contribution is 6.30. The molecule has 2 amide bonds. The van der Waals surface area contributed by atoms with Gasteiger partial charge in [-0.15, -0.1) is 0 Å². The lowest BCUT2D eigenvalue weighted by Gasteiger charge is -2.37. The maximum Gasteiger partial charge on any atom is 0.260 e. The number of amides is 2. The summed E-state index contributed by atoms with van der Waals surface area (Å²) >= 11 is 5.80. The summed E-state index contributed by atoms with van der Waals surface area (Å²) in [5, 5.41) is 0.628. The minimum atomic E-state index is -0.385. The van der Waals surface area contributed by atoms with Crippen LogP contribution in [0.5, 0.6) is 5.75 Å². The van der Waals surface area contributed by atoms with Crippen LogP contribution in [0.4, 0.5) is 0 Å². The van der Waals surface area contributed by atoms with Gasteiger partial charge in [-0.1, -0.05) is 32.4 Å². The van der Waals surface area contributed by atoms with Gasteiger partial charge in [0.15, 0.2) is 6.61 Å². The third-order valence-corrected chi connectivity index (χ3v) is 3.99. The van der Waals surface area contributed by atoms with Crippen LogP contribution in [-0.2, 0) is 9.59 Å². The Kier molecular flexibility index (Phi) is 5.52. The van der Waals surface area contributed by atoms with Crippen molar-refractivity contribution in [2.45, 2.75) is 20.8 Å². The Morgan fingerprint density at radius 1 is 1.04 bits per heavy atom. The van der Waals surface area contributed by atoms with E-state index in [1.807, 2.05) is 25.7 Å². The van der Waals surface area contributed by atoms with Crippen molar-refractivity contribution in [3.05, 3.63) is 29.3 Å². The first-order valence-electron chi connectivity index (χ1n) is 7.73. The molecule has 5 nitrogen and oxygen atoms in total. The van der Waals surface area contributed by atoms with E-state index in [2.05, 4.69) is 0 Å². The van der Waals surface area contributed by atoms with Gasteiger partial charge in [-0.2, -0.15) is 0 Å². The highest BCUT2D eigenvalue weighted by Crippen LogP contribution is 2.19. The maximum atomic E-state index is 12.2. The van der Waals surface area contributed by atoms with Crippen molar-refractivity contribution in [2.75, 3.05) is 32.8 Å². The van der Waals surface area contributed by atoms with Gasteiger partial charge in [0.1, 0.15) is 5.75 Å². The molecule has 0 atom stereocenters.